The van der Waals surface area contributed by atoms with E-state index < -0.39 is 17.6 Å². The maximum Gasteiger partial charge on any atom is 0.424 e. The van der Waals surface area contributed by atoms with Crippen molar-refractivity contribution >= 4 is 11.6 Å². The Morgan fingerprint density at radius 1 is 0.923 bits per heavy atom. The minimum absolute atomic E-state index is 0.125. The standard InChI is InChI=1S/C19H19F3N2O2/c20-19(21,22)18(15-7-3-1-4-8-15,23-16-9-5-2-6-10-16)17(25)24-11-13-26-14-12-24/h1-10,23H,11-14H2. The number of para-hydroxylation sites is 1. The molecular formula is C19H19F3N2O2. The minimum Gasteiger partial charge on any atom is -0.378 e. The summed E-state index contributed by atoms with van der Waals surface area (Å²) in [6, 6.07) is 15.2. The van der Waals surface area contributed by atoms with Gasteiger partial charge in [-0.15, -0.1) is 0 Å². The fourth-order valence-corrected chi connectivity index (χ4v) is 3.03. The molecule has 4 nitrogen and oxygen atoms in total. The van der Waals surface area contributed by atoms with Gasteiger partial charge in [-0.2, -0.15) is 13.2 Å². The Bertz CT molecular complexity index is 731. The van der Waals surface area contributed by atoms with Crippen molar-refractivity contribution in [2.45, 2.75) is 11.7 Å². The number of ether oxygens (including phenoxy) is 1. The van der Waals surface area contributed by atoms with Crippen LogP contribution in [0.4, 0.5) is 18.9 Å². The summed E-state index contributed by atoms with van der Waals surface area (Å²) in [5.74, 6) is -1.02. The topological polar surface area (TPSA) is 41.6 Å². The Labute approximate surface area is 149 Å². The Morgan fingerprint density at radius 2 is 1.46 bits per heavy atom. The van der Waals surface area contributed by atoms with Crippen LogP contribution in [0.1, 0.15) is 5.56 Å². The number of rotatable bonds is 4. The number of carbonyl (C=O) groups is 1. The molecule has 0 saturated carbocycles. The van der Waals surface area contributed by atoms with Gasteiger partial charge >= 0.3 is 6.18 Å². The van der Waals surface area contributed by atoms with Crippen molar-refractivity contribution in [1.29, 1.82) is 0 Å². The molecule has 1 aliphatic rings. The summed E-state index contributed by atoms with van der Waals surface area (Å²) >= 11 is 0. The van der Waals surface area contributed by atoms with Gasteiger partial charge in [0.15, 0.2) is 0 Å². The van der Waals surface area contributed by atoms with Gasteiger partial charge < -0.3 is 15.0 Å². The van der Waals surface area contributed by atoms with Gasteiger partial charge in [-0.3, -0.25) is 4.79 Å². The van der Waals surface area contributed by atoms with Gasteiger partial charge in [-0.05, 0) is 17.7 Å². The normalized spacial score (nSPS) is 17.4. The molecule has 0 aromatic heterocycles. The SMILES string of the molecule is O=C(N1CCOCC1)C(Nc1ccccc1)(c1ccccc1)C(F)(F)F. The lowest BCUT2D eigenvalue weighted by atomic mass is 9.86. The number of benzene rings is 2. The Balaban J connectivity index is 2.13. The van der Waals surface area contributed by atoms with Crippen LogP contribution in [-0.2, 0) is 15.1 Å². The zero-order valence-electron chi connectivity index (χ0n) is 14.0. The van der Waals surface area contributed by atoms with Gasteiger partial charge in [-0.1, -0.05) is 48.5 Å². The number of amides is 1. The second-order valence-corrected chi connectivity index (χ2v) is 6.01. The van der Waals surface area contributed by atoms with Crippen LogP contribution in [0.2, 0.25) is 0 Å². The van der Waals surface area contributed by atoms with Crippen molar-refractivity contribution in [3.63, 3.8) is 0 Å². The first-order valence-electron chi connectivity index (χ1n) is 8.28. The fraction of sp³-hybridized carbons (Fsp3) is 0.316. The predicted octanol–water partition coefficient (Wildman–Crippen LogP) is 3.42. The van der Waals surface area contributed by atoms with Gasteiger partial charge in [0.1, 0.15) is 0 Å². The van der Waals surface area contributed by atoms with Crippen LogP contribution in [0, 0.1) is 0 Å². The molecule has 1 unspecified atom stereocenters. The Hall–Kier alpha value is -2.54. The van der Waals surface area contributed by atoms with E-state index in [4.69, 9.17) is 4.74 Å². The van der Waals surface area contributed by atoms with Gasteiger partial charge in [0.2, 0.25) is 5.54 Å². The lowest BCUT2D eigenvalue weighted by Crippen LogP contribution is -2.61. The highest BCUT2D eigenvalue weighted by atomic mass is 19.4. The summed E-state index contributed by atoms with van der Waals surface area (Å²) < 4.78 is 48.4. The lowest BCUT2D eigenvalue weighted by Gasteiger charge is -2.41. The molecule has 1 amide bonds. The molecule has 138 valence electrons. The smallest absolute Gasteiger partial charge is 0.378 e. The molecule has 26 heavy (non-hydrogen) atoms. The van der Waals surface area contributed by atoms with E-state index in [9.17, 15) is 18.0 Å². The van der Waals surface area contributed by atoms with E-state index in [1.54, 1.807) is 24.3 Å². The van der Waals surface area contributed by atoms with Crippen molar-refractivity contribution in [1.82, 2.24) is 4.90 Å². The molecule has 7 heteroatoms. The molecule has 1 aliphatic heterocycles. The zero-order valence-corrected chi connectivity index (χ0v) is 14.0. The third kappa shape index (κ3) is 3.39. The summed E-state index contributed by atoms with van der Waals surface area (Å²) in [5.41, 5.74) is -2.80. The number of carbonyl (C=O) groups excluding carboxylic acids is 1. The van der Waals surface area contributed by atoms with Crippen LogP contribution < -0.4 is 5.32 Å². The monoisotopic (exact) mass is 364 g/mol. The minimum atomic E-state index is -4.85. The molecule has 1 saturated heterocycles. The third-order valence-corrected chi connectivity index (χ3v) is 4.36. The lowest BCUT2D eigenvalue weighted by molar-refractivity contribution is -0.196. The van der Waals surface area contributed by atoms with Gasteiger partial charge in [0.25, 0.3) is 5.91 Å². The molecule has 2 aromatic carbocycles. The number of hydrogen-bond acceptors (Lipinski definition) is 3. The highest BCUT2D eigenvalue weighted by molar-refractivity contribution is 5.92. The van der Waals surface area contributed by atoms with Gasteiger partial charge in [0, 0.05) is 18.8 Å². The van der Waals surface area contributed by atoms with Gasteiger partial charge in [-0.25, -0.2) is 0 Å². The van der Waals surface area contributed by atoms with Crippen molar-refractivity contribution in [3.8, 4) is 0 Å². The van der Waals surface area contributed by atoms with Crippen LogP contribution in [0.15, 0.2) is 60.7 Å². The van der Waals surface area contributed by atoms with Crippen molar-refractivity contribution < 1.29 is 22.7 Å². The van der Waals surface area contributed by atoms with E-state index in [0.29, 0.717) is 0 Å². The number of hydrogen-bond donors (Lipinski definition) is 1. The van der Waals surface area contributed by atoms with E-state index in [2.05, 4.69) is 5.32 Å². The van der Waals surface area contributed by atoms with Crippen LogP contribution >= 0.6 is 0 Å². The summed E-state index contributed by atoms with van der Waals surface area (Å²) in [5, 5.41) is 2.49. The molecule has 0 bridgehead atoms. The molecule has 1 N–H and O–H groups in total. The largest absolute Gasteiger partial charge is 0.424 e. The average molecular weight is 364 g/mol. The second-order valence-electron chi connectivity index (χ2n) is 6.01. The number of nitrogens with one attached hydrogen (secondary N) is 1. The van der Waals surface area contributed by atoms with E-state index >= 15 is 0 Å². The molecule has 2 aromatic rings. The molecule has 0 spiro atoms. The van der Waals surface area contributed by atoms with Gasteiger partial charge in [0.05, 0.1) is 13.2 Å². The second kappa shape index (κ2) is 7.37. The third-order valence-electron chi connectivity index (χ3n) is 4.36. The number of halogens is 3. The Kier molecular flexibility index (Phi) is 5.18. The summed E-state index contributed by atoms with van der Waals surface area (Å²) in [7, 11) is 0. The van der Waals surface area contributed by atoms with Crippen LogP contribution in [0.5, 0.6) is 0 Å². The van der Waals surface area contributed by atoms with Crippen molar-refractivity contribution in [2.24, 2.45) is 0 Å². The molecule has 0 aliphatic carbocycles. The first-order valence-corrected chi connectivity index (χ1v) is 8.28. The van der Waals surface area contributed by atoms with Crippen molar-refractivity contribution in [2.75, 3.05) is 31.6 Å². The molecular weight excluding hydrogens is 345 g/mol. The average Bonchev–Trinajstić information content (AvgIpc) is 2.67. The van der Waals surface area contributed by atoms with E-state index in [0.717, 1.165) is 0 Å². The molecule has 0 radical (unpaired) electrons. The van der Waals surface area contributed by atoms with Crippen molar-refractivity contribution in [3.05, 3.63) is 66.2 Å². The number of alkyl halides is 3. The van der Waals surface area contributed by atoms with E-state index in [1.807, 2.05) is 0 Å². The van der Waals surface area contributed by atoms with Crippen LogP contribution in [0.25, 0.3) is 0 Å². The maximum atomic E-state index is 14.4. The fourth-order valence-electron chi connectivity index (χ4n) is 3.03. The number of morpholine rings is 1. The summed E-state index contributed by atoms with van der Waals surface area (Å²) in [6.07, 6.45) is -4.85. The quantitative estimate of drug-likeness (QED) is 0.904. The van der Waals surface area contributed by atoms with E-state index in [1.165, 1.54) is 41.3 Å². The van der Waals surface area contributed by atoms with Crippen LogP contribution in [0.3, 0.4) is 0 Å². The highest BCUT2D eigenvalue weighted by Crippen LogP contribution is 2.43. The van der Waals surface area contributed by atoms with Crippen LogP contribution in [-0.4, -0.2) is 43.3 Å². The van der Waals surface area contributed by atoms with E-state index in [-0.39, 0.29) is 37.6 Å². The number of nitrogens with zero attached hydrogens (tertiary/aromatic N) is 1. The summed E-state index contributed by atoms with van der Waals surface area (Å²) in [4.78, 5) is 14.4. The first kappa shape index (κ1) is 18.3. The zero-order chi connectivity index (χ0) is 18.6. The maximum absolute atomic E-state index is 14.4. The molecule has 1 heterocycles. The highest BCUT2D eigenvalue weighted by Gasteiger charge is 2.63. The molecule has 1 atom stereocenters. The summed E-state index contributed by atoms with van der Waals surface area (Å²) in [6.45, 7) is 0.694. The number of anilines is 1. The predicted molar refractivity (Wildman–Crippen MR) is 91.6 cm³/mol. The first-order chi connectivity index (χ1) is 12.4. The Morgan fingerprint density at radius 3 is 2.00 bits per heavy atom. The molecule has 3 rings (SSSR count). The molecule has 1 fully saturated rings.